The monoisotopic (exact) mass is 318 g/mol. The normalized spacial score (nSPS) is 20.2. The number of hydrogen-bond donors (Lipinski definition) is 1. The van der Waals surface area contributed by atoms with Crippen molar-refractivity contribution < 1.29 is 13.2 Å². The summed E-state index contributed by atoms with van der Waals surface area (Å²) in [5.41, 5.74) is 7.60. The number of anilines is 1. The molecule has 0 bridgehead atoms. The van der Waals surface area contributed by atoms with E-state index in [-0.39, 0.29) is 35.9 Å². The first kappa shape index (κ1) is 16.8. The molecule has 20 heavy (non-hydrogen) atoms. The maximum absolute atomic E-state index is 12.4. The van der Waals surface area contributed by atoms with Crippen molar-refractivity contribution in [2.24, 2.45) is 0 Å². The van der Waals surface area contributed by atoms with Crippen LogP contribution in [-0.2, 0) is 9.84 Å². The van der Waals surface area contributed by atoms with Gasteiger partial charge in [0.15, 0.2) is 9.84 Å². The molecule has 1 aliphatic heterocycles. The Morgan fingerprint density at radius 2 is 2.05 bits per heavy atom. The van der Waals surface area contributed by atoms with Crippen LogP contribution in [0.15, 0.2) is 18.2 Å². The van der Waals surface area contributed by atoms with Crippen LogP contribution in [0.5, 0.6) is 0 Å². The first-order chi connectivity index (χ1) is 8.80. The van der Waals surface area contributed by atoms with Crippen LogP contribution < -0.4 is 5.73 Å². The molecule has 1 unspecified atom stereocenters. The van der Waals surface area contributed by atoms with Gasteiger partial charge in [-0.05, 0) is 31.0 Å². The summed E-state index contributed by atoms with van der Waals surface area (Å²) in [6, 6.07) is 4.93. The lowest BCUT2D eigenvalue weighted by Crippen LogP contribution is -2.38. The number of nitrogen functional groups attached to an aromatic ring is 1. The number of aryl methyl sites for hydroxylation is 1. The third kappa shape index (κ3) is 3.43. The van der Waals surface area contributed by atoms with E-state index in [1.54, 1.807) is 25.2 Å². The van der Waals surface area contributed by atoms with Gasteiger partial charge in [0.2, 0.25) is 0 Å². The first-order valence-electron chi connectivity index (χ1n) is 6.14. The average molecular weight is 319 g/mol. The SMILES string of the molecule is Cc1ccc(N)cc1C(=O)N(C)C1CCS(=O)(=O)C1.Cl. The van der Waals surface area contributed by atoms with Crippen molar-refractivity contribution >= 4 is 33.8 Å². The summed E-state index contributed by atoms with van der Waals surface area (Å²) in [4.78, 5) is 13.9. The topological polar surface area (TPSA) is 80.5 Å². The van der Waals surface area contributed by atoms with Crippen LogP contribution in [0.4, 0.5) is 5.69 Å². The second-order valence-corrected chi connectivity index (χ2v) is 7.28. The molecule has 0 aromatic heterocycles. The summed E-state index contributed by atoms with van der Waals surface area (Å²) in [6.07, 6.45) is 0.506. The number of nitrogens with zero attached hydrogens (tertiary/aromatic N) is 1. The summed E-state index contributed by atoms with van der Waals surface area (Å²) in [5.74, 6) is 0.0360. The summed E-state index contributed by atoms with van der Waals surface area (Å²) >= 11 is 0. The van der Waals surface area contributed by atoms with Gasteiger partial charge in [-0.3, -0.25) is 4.79 Å². The molecule has 0 saturated carbocycles. The highest BCUT2D eigenvalue weighted by Gasteiger charge is 2.33. The van der Waals surface area contributed by atoms with Crippen molar-refractivity contribution in [3.05, 3.63) is 29.3 Å². The van der Waals surface area contributed by atoms with Crippen molar-refractivity contribution in [2.45, 2.75) is 19.4 Å². The van der Waals surface area contributed by atoms with E-state index in [4.69, 9.17) is 5.73 Å². The molecule has 1 aliphatic rings. The summed E-state index contributed by atoms with van der Waals surface area (Å²) in [7, 11) is -1.34. The van der Waals surface area contributed by atoms with Crippen LogP contribution in [-0.4, -0.2) is 43.8 Å². The minimum Gasteiger partial charge on any atom is -0.399 e. The maximum Gasteiger partial charge on any atom is 0.254 e. The number of rotatable bonds is 2. The summed E-state index contributed by atoms with van der Waals surface area (Å²) in [5, 5.41) is 0. The predicted molar refractivity (Wildman–Crippen MR) is 82.0 cm³/mol. The lowest BCUT2D eigenvalue weighted by Gasteiger charge is -2.24. The minimum atomic E-state index is -2.99. The van der Waals surface area contributed by atoms with E-state index in [1.807, 2.05) is 6.92 Å². The molecule has 1 aromatic carbocycles. The van der Waals surface area contributed by atoms with Gasteiger partial charge in [0.05, 0.1) is 11.5 Å². The molecule has 1 heterocycles. The van der Waals surface area contributed by atoms with Gasteiger partial charge < -0.3 is 10.6 Å². The van der Waals surface area contributed by atoms with E-state index in [2.05, 4.69) is 0 Å². The molecule has 1 fully saturated rings. The number of amides is 1. The second-order valence-electron chi connectivity index (χ2n) is 5.05. The molecule has 0 aliphatic carbocycles. The highest BCUT2D eigenvalue weighted by molar-refractivity contribution is 7.91. The van der Waals surface area contributed by atoms with Gasteiger partial charge in [-0.25, -0.2) is 8.42 Å². The Balaban J connectivity index is 0.00000200. The van der Waals surface area contributed by atoms with Gasteiger partial charge in [-0.2, -0.15) is 0 Å². The fourth-order valence-electron chi connectivity index (χ4n) is 2.31. The highest BCUT2D eigenvalue weighted by Crippen LogP contribution is 2.21. The molecule has 1 amide bonds. The molecule has 1 aromatic rings. The number of sulfone groups is 1. The lowest BCUT2D eigenvalue weighted by atomic mass is 10.1. The predicted octanol–water partition coefficient (Wildman–Crippen LogP) is 1.26. The molecule has 7 heteroatoms. The zero-order chi connectivity index (χ0) is 14.2. The van der Waals surface area contributed by atoms with Gasteiger partial charge >= 0.3 is 0 Å². The highest BCUT2D eigenvalue weighted by atomic mass is 35.5. The molecule has 1 atom stereocenters. The Kier molecular flexibility index (Phi) is 5.05. The Hall–Kier alpha value is -1.27. The molecular weight excluding hydrogens is 300 g/mol. The fourth-order valence-corrected chi connectivity index (χ4v) is 4.08. The smallest absolute Gasteiger partial charge is 0.254 e. The van der Waals surface area contributed by atoms with E-state index < -0.39 is 9.84 Å². The van der Waals surface area contributed by atoms with Crippen LogP contribution in [0.2, 0.25) is 0 Å². The van der Waals surface area contributed by atoms with Crippen LogP contribution in [0.3, 0.4) is 0 Å². The number of benzene rings is 1. The van der Waals surface area contributed by atoms with Gasteiger partial charge in [-0.15, -0.1) is 12.4 Å². The van der Waals surface area contributed by atoms with Crippen LogP contribution >= 0.6 is 12.4 Å². The lowest BCUT2D eigenvalue weighted by molar-refractivity contribution is 0.0747. The molecule has 5 nitrogen and oxygen atoms in total. The van der Waals surface area contributed by atoms with Crippen molar-refractivity contribution in [1.29, 1.82) is 0 Å². The maximum atomic E-state index is 12.4. The van der Waals surface area contributed by atoms with Crippen molar-refractivity contribution in [2.75, 3.05) is 24.3 Å². The van der Waals surface area contributed by atoms with E-state index >= 15 is 0 Å². The van der Waals surface area contributed by atoms with Crippen LogP contribution in [0.1, 0.15) is 22.3 Å². The quantitative estimate of drug-likeness (QED) is 0.832. The van der Waals surface area contributed by atoms with Gasteiger partial charge in [0.25, 0.3) is 5.91 Å². The van der Waals surface area contributed by atoms with E-state index in [1.165, 1.54) is 4.90 Å². The molecule has 112 valence electrons. The van der Waals surface area contributed by atoms with Crippen molar-refractivity contribution in [1.82, 2.24) is 4.90 Å². The van der Waals surface area contributed by atoms with Gasteiger partial charge in [0.1, 0.15) is 0 Å². The Morgan fingerprint density at radius 1 is 1.40 bits per heavy atom. The van der Waals surface area contributed by atoms with Gasteiger partial charge in [-0.1, -0.05) is 6.07 Å². The molecular formula is C13H19ClN2O3S. The van der Waals surface area contributed by atoms with E-state index in [9.17, 15) is 13.2 Å². The number of carbonyl (C=O) groups excluding carboxylic acids is 1. The third-order valence-electron chi connectivity index (χ3n) is 3.57. The van der Waals surface area contributed by atoms with Crippen molar-refractivity contribution in [3.8, 4) is 0 Å². The van der Waals surface area contributed by atoms with E-state index in [0.717, 1.165) is 5.56 Å². The molecule has 2 N–H and O–H groups in total. The number of nitrogens with two attached hydrogens (primary N) is 1. The molecule has 1 saturated heterocycles. The second kappa shape index (κ2) is 6.01. The summed E-state index contributed by atoms with van der Waals surface area (Å²) in [6.45, 7) is 1.84. The number of hydrogen-bond acceptors (Lipinski definition) is 4. The third-order valence-corrected chi connectivity index (χ3v) is 5.32. The minimum absolute atomic E-state index is 0. The van der Waals surface area contributed by atoms with Crippen LogP contribution in [0, 0.1) is 6.92 Å². The van der Waals surface area contributed by atoms with Crippen LogP contribution in [0.25, 0.3) is 0 Å². The first-order valence-corrected chi connectivity index (χ1v) is 7.96. The summed E-state index contributed by atoms with van der Waals surface area (Å²) < 4.78 is 22.9. The van der Waals surface area contributed by atoms with E-state index in [0.29, 0.717) is 17.7 Å². The fraction of sp³-hybridized carbons (Fsp3) is 0.462. The largest absolute Gasteiger partial charge is 0.399 e. The standard InChI is InChI=1S/C13H18N2O3S.ClH/c1-9-3-4-10(14)7-12(9)13(16)15(2)11-5-6-19(17,18)8-11;/h3-4,7,11H,5-6,8,14H2,1-2H3;1H. The zero-order valence-electron chi connectivity index (χ0n) is 11.5. The van der Waals surface area contributed by atoms with Crippen molar-refractivity contribution in [3.63, 3.8) is 0 Å². The Morgan fingerprint density at radius 3 is 2.60 bits per heavy atom. The zero-order valence-corrected chi connectivity index (χ0v) is 13.1. The Labute approximate surface area is 125 Å². The molecule has 2 rings (SSSR count). The molecule has 0 radical (unpaired) electrons. The average Bonchev–Trinajstić information content (AvgIpc) is 2.71. The number of carbonyl (C=O) groups is 1. The Bertz CT molecular complexity index is 616. The molecule has 0 spiro atoms. The number of halogens is 1. The van der Waals surface area contributed by atoms with Gasteiger partial charge in [0, 0.05) is 24.3 Å².